The van der Waals surface area contributed by atoms with Gasteiger partial charge in [-0.1, -0.05) is 11.3 Å². The van der Waals surface area contributed by atoms with Crippen LogP contribution in [0.1, 0.15) is 17.7 Å². The van der Waals surface area contributed by atoms with Gasteiger partial charge in [0.25, 0.3) is 5.56 Å². The van der Waals surface area contributed by atoms with Crippen LogP contribution < -0.4 is 15.4 Å². The molecule has 0 aliphatic carbocycles. The number of carbonyl (C=O) groups excluding carboxylic acids is 1. The number of amides is 1. The lowest BCUT2D eigenvalue weighted by molar-refractivity contribution is -0.131. The number of nitrogens with one attached hydrogen (secondary N) is 1. The van der Waals surface area contributed by atoms with Crippen molar-refractivity contribution >= 4 is 38.7 Å². The fourth-order valence-electron chi connectivity index (χ4n) is 4.25. The van der Waals surface area contributed by atoms with Gasteiger partial charge in [-0.3, -0.25) is 14.6 Å². The molecule has 0 saturated carbocycles. The molecule has 2 aliphatic rings. The van der Waals surface area contributed by atoms with Crippen LogP contribution in [-0.2, 0) is 16.0 Å². The molecule has 174 valence electrons. The molecule has 5 rings (SSSR count). The SMILES string of the molecule is Cc1nc(N2CCOCC2)[nH]c(=O)c1CCC(=O)N1CCN(c2nc3cccnc3s2)CC1. The highest BCUT2D eigenvalue weighted by molar-refractivity contribution is 7.21. The average molecular weight is 470 g/mol. The van der Waals surface area contributed by atoms with Crippen molar-refractivity contribution in [3.63, 3.8) is 0 Å². The largest absolute Gasteiger partial charge is 0.378 e. The first-order chi connectivity index (χ1) is 16.1. The van der Waals surface area contributed by atoms with E-state index in [1.165, 1.54) is 0 Å². The number of fused-ring (bicyclic) bond motifs is 1. The van der Waals surface area contributed by atoms with Crippen LogP contribution in [0.4, 0.5) is 11.1 Å². The van der Waals surface area contributed by atoms with E-state index in [-0.39, 0.29) is 11.5 Å². The van der Waals surface area contributed by atoms with Gasteiger partial charge in [0.2, 0.25) is 11.9 Å². The van der Waals surface area contributed by atoms with Gasteiger partial charge in [-0.25, -0.2) is 15.0 Å². The number of hydrogen-bond acceptors (Lipinski definition) is 9. The highest BCUT2D eigenvalue weighted by Crippen LogP contribution is 2.27. The van der Waals surface area contributed by atoms with E-state index < -0.39 is 0 Å². The Bertz CT molecular complexity index is 1160. The lowest BCUT2D eigenvalue weighted by atomic mass is 10.1. The van der Waals surface area contributed by atoms with Crippen LogP contribution in [0, 0.1) is 6.92 Å². The first-order valence-corrected chi connectivity index (χ1v) is 12.1. The zero-order valence-corrected chi connectivity index (χ0v) is 19.4. The summed E-state index contributed by atoms with van der Waals surface area (Å²) in [6, 6.07) is 3.86. The molecule has 0 bridgehead atoms. The third-order valence-electron chi connectivity index (χ3n) is 6.17. The number of H-pyrrole nitrogens is 1. The molecule has 33 heavy (non-hydrogen) atoms. The second-order valence-electron chi connectivity index (χ2n) is 8.24. The van der Waals surface area contributed by atoms with Gasteiger partial charge in [0.05, 0.1) is 13.2 Å². The molecule has 0 spiro atoms. The molecule has 10 nitrogen and oxygen atoms in total. The number of rotatable bonds is 5. The minimum Gasteiger partial charge on any atom is -0.378 e. The van der Waals surface area contributed by atoms with E-state index in [0.29, 0.717) is 69.4 Å². The molecule has 3 aromatic heterocycles. The van der Waals surface area contributed by atoms with Gasteiger partial charge in [-0.05, 0) is 25.5 Å². The number of pyridine rings is 1. The Balaban J connectivity index is 1.16. The van der Waals surface area contributed by atoms with Crippen LogP contribution in [-0.4, -0.2) is 83.2 Å². The Hall–Kier alpha value is -3.05. The highest BCUT2D eigenvalue weighted by Gasteiger charge is 2.24. The Morgan fingerprint density at radius 1 is 1.12 bits per heavy atom. The normalized spacial score (nSPS) is 17.1. The van der Waals surface area contributed by atoms with Crippen molar-refractivity contribution in [2.75, 3.05) is 62.3 Å². The molecule has 5 heterocycles. The van der Waals surface area contributed by atoms with E-state index in [2.05, 4.69) is 24.8 Å². The van der Waals surface area contributed by atoms with Crippen LogP contribution in [0.25, 0.3) is 10.3 Å². The number of morpholine rings is 1. The summed E-state index contributed by atoms with van der Waals surface area (Å²) < 4.78 is 5.36. The summed E-state index contributed by atoms with van der Waals surface area (Å²) >= 11 is 1.58. The third kappa shape index (κ3) is 4.69. The predicted molar refractivity (Wildman–Crippen MR) is 127 cm³/mol. The lowest BCUT2D eigenvalue weighted by Gasteiger charge is -2.34. The number of anilines is 2. The number of carbonyl (C=O) groups is 1. The van der Waals surface area contributed by atoms with Gasteiger partial charge < -0.3 is 19.4 Å². The maximum Gasteiger partial charge on any atom is 0.255 e. The first-order valence-electron chi connectivity index (χ1n) is 11.3. The topological polar surface area (TPSA) is 108 Å². The molecule has 11 heteroatoms. The fraction of sp³-hybridized carbons (Fsp3) is 0.500. The second-order valence-corrected chi connectivity index (χ2v) is 9.20. The first kappa shape index (κ1) is 21.8. The van der Waals surface area contributed by atoms with Gasteiger partial charge in [-0.15, -0.1) is 0 Å². The average Bonchev–Trinajstić information content (AvgIpc) is 3.28. The van der Waals surface area contributed by atoms with Crippen molar-refractivity contribution in [1.29, 1.82) is 0 Å². The molecule has 2 fully saturated rings. The number of thiazole rings is 1. The molecular formula is C22H27N7O3S. The zero-order chi connectivity index (χ0) is 22.8. The predicted octanol–water partition coefficient (Wildman–Crippen LogP) is 1.20. The summed E-state index contributed by atoms with van der Waals surface area (Å²) in [6.45, 7) is 7.27. The van der Waals surface area contributed by atoms with Crippen LogP contribution in [0.2, 0.25) is 0 Å². The quantitative estimate of drug-likeness (QED) is 0.594. The monoisotopic (exact) mass is 469 g/mol. The van der Waals surface area contributed by atoms with E-state index >= 15 is 0 Å². The molecule has 3 aromatic rings. The number of nitrogens with zero attached hydrogens (tertiary/aromatic N) is 6. The molecule has 2 aliphatic heterocycles. The highest BCUT2D eigenvalue weighted by atomic mass is 32.1. The summed E-state index contributed by atoms with van der Waals surface area (Å²) in [5.41, 5.74) is 2.01. The third-order valence-corrected chi connectivity index (χ3v) is 7.21. The molecule has 0 unspecified atom stereocenters. The Kier molecular flexibility index (Phi) is 6.23. The van der Waals surface area contributed by atoms with Crippen molar-refractivity contribution in [2.24, 2.45) is 0 Å². The molecule has 2 saturated heterocycles. The van der Waals surface area contributed by atoms with Gasteiger partial charge in [0.1, 0.15) is 10.3 Å². The standard InChI is InChI=1S/C22H27N7O3S/c1-15-16(19(31)26-21(24-15)28-11-13-32-14-12-28)4-5-18(30)27-7-9-29(10-8-27)22-25-17-3-2-6-23-20(17)33-22/h2-3,6H,4-5,7-14H2,1H3,(H,24,26,31). The van der Waals surface area contributed by atoms with E-state index in [1.54, 1.807) is 17.5 Å². The van der Waals surface area contributed by atoms with Crippen molar-refractivity contribution < 1.29 is 9.53 Å². The molecule has 0 aromatic carbocycles. The smallest absolute Gasteiger partial charge is 0.255 e. The Morgan fingerprint density at radius 3 is 2.64 bits per heavy atom. The number of aryl methyl sites for hydroxylation is 1. The second kappa shape index (κ2) is 9.44. The van der Waals surface area contributed by atoms with Gasteiger partial charge in [0.15, 0.2) is 5.13 Å². The number of hydrogen-bond donors (Lipinski definition) is 1. The summed E-state index contributed by atoms with van der Waals surface area (Å²) in [4.78, 5) is 49.0. The Labute approximate surface area is 195 Å². The van der Waals surface area contributed by atoms with E-state index in [1.807, 2.05) is 28.9 Å². The summed E-state index contributed by atoms with van der Waals surface area (Å²) in [7, 11) is 0. The van der Waals surface area contributed by atoms with Crippen molar-refractivity contribution in [1.82, 2.24) is 24.8 Å². The van der Waals surface area contributed by atoms with E-state index in [0.717, 1.165) is 28.6 Å². The summed E-state index contributed by atoms with van der Waals surface area (Å²) in [5.74, 6) is 0.647. The van der Waals surface area contributed by atoms with Crippen molar-refractivity contribution in [3.05, 3.63) is 39.9 Å². The van der Waals surface area contributed by atoms with E-state index in [9.17, 15) is 9.59 Å². The van der Waals surface area contributed by atoms with Gasteiger partial charge in [0, 0.05) is 63.1 Å². The molecule has 0 atom stereocenters. The lowest BCUT2D eigenvalue weighted by Crippen LogP contribution is -2.48. The van der Waals surface area contributed by atoms with Gasteiger partial charge in [-0.2, -0.15) is 0 Å². The van der Waals surface area contributed by atoms with Crippen LogP contribution in [0.5, 0.6) is 0 Å². The van der Waals surface area contributed by atoms with Gasteiger partial charge >= 0.3 is 0 Å². The Morgan fingerprint density at radius 2 is 1.91 bits per heavy atom. The molecule has 1 amide bonds. The number of aromatic amines is 1. The number of piperazine rings is 1. The van der Waals surface area contributed by atoms with Crippen molar-refractivity contribution in [2.45, 2.75) is 19.8 Å². The summed E-state index contributed by atoms with van der Waals surface area (Å²) in [5, 5.41) is 0.949. The molecular weight excluding hydrogens is 442 g/mol. The summed E-state index contributed by atoms with van der Waals surface area (Å²) in [6.07, 6.45) is 2.47. The maximum atomic E-state index is 12.8. The maximum absolute atomic E-state index is 12.8. The van der Waals surface area contributed by atoms with Crippen LogP contribution in [0.15, 0.2) is 23.1 Å². The van der Waals surface area contributed by atoms with Crippen LogP contribution in [0.3, 0.4) is 0 Å². The van der Waals surface area contributed by atoms with E-state index in [4.69, 9.17) is 4.74 Å². The fourth-order valence-corrected chi connectivity index (χ4v) is 5.21. The molecule has 1 N–H and O–H groups in total. The minimum atomic E-state index is -0.161. The van der Waals surface area contributed by atoms with Crippen LogP contribution >= 0.6 is 11.3 Å². The minimum absolute atomic E-state index is 0.0664. The van der Waals surface area contributed by atoms with Crippen molar-refractivity contribution in [3.8, 4) is 0 Å². The zero-order valence-electron chi connectivity index (χ0n) is 18.6. The number of ether oxygens (including phenoxy) is 1. The molecule has 0 radical (unpaired) electrons. The number of aromatic nitrogens is 4.